The van der Waals surface area contributed by atoms with Gasteiger partial charge in [-0.1, -0.05) is 56.3 Å². The second kappa shape index (κ2) is 8.18. The molecule has 0 saturated heterocycles. The average molecular weight is 363 g/mol. The molecule has 0 bridgehead atoms. The molecular weight excluding hydrogens is 338 g/mol. The molecule has 5 heteroatoms. The van der Waals surface area contributed by atoms with Crippen LogP contribution < -0.4 is 5.32 Å². The molecule has 1 heterocycles. The molecule has 27 heavy (non-hydrogen) atoms. The number of nitrogens with one attached hydrogen (secondary N) is 1. The number of carbonyl (C=O) groups is 1. The maximum absolute atomic E-state index is 11.5. The van der Waals surface area contributed by atoms with E-state index in [1.807, 2.05) is 73.3 Å². The molecule has 0 aliphatic heterocycles. The molecule has 3 rings (SSSR count). The number of aliphatic carboxylic acids is 1. The van der Waals surface area contributed by atoms with Gasteiger partial charge in [-0.15, -0.1) is 0 Å². The molecule has 2 aromatic carbocycles. The zero-order chi connectivity index (χ0) is 19.4. The van der Waals surface area contributed by atoms with Crippen LogP contribution in [0.2, 0.25) is 0 Å². The number of rotatable bonds is 7. The van der Waals surface area contributed by atoms with E-state index in [9.17, 15) is 9.90 Å². The summed E-state index contributed by atoms with van der Waals surface area (Å²) in [6.45, 7) is 6.30. The van der Waals surface area contributed by atoms with Crippen molar-refractivity contribution in [1.29, 1.82) is 0 Å². The first-order valence-electron chi connectivity index (χ1n) is 9.13. The van der Waals surface area contributed by atoms with Crippen LogP contribution in [0.25, 0.3) is 16.9 Å². The van der Waals surface area contributed by atoms with Gasteiger partial charge in [-0.05, 0) is 30.5 Å². The van der Waals surface area contributed by atoms with Crippen LogP contribution in [-0.4, -0.2) is 26.9 Å². The molecule has 3 aromatic rings. The highest BCUT2D eigenvalue weighted by atomic mass is 16.4. The number of carboxylic acid groups (broad SMARTS) is 1. The maximum Gasteiger partial charge on any atom is 0.320 e. The van der Waals surface area contributed by atoms with Crippen LogP contribution in [0, 0.1) is 12.8 Å². The van der Waals surface area contributed by atoms with Crippen LogP contribution in [0.5, 0.6) is 0 Å². The SMILES string of the molecule is Cc1ccccc1-c1nn(-c2ccccc2)cc1CN[C@@H](C(=O)O)C(C)C. The van der Waals surface area contributed by atoms with Crippen molar-refractivity contribution in [3.8, 4) is 16.9 Å². The van der Waals surface area contributed by atoms with Crippen LogP contribution in [0.1, 0.15) is 25.0 Å². The first-order chi connectivity index (χ1) is 13.0. The number of benzene rings is 2. The van der Waals surface area contributed by atoms with E-state index in [4.69, 9.17) is 5.10 Å². The lowest BCUT2D eigenvalue weighted by atomic mass is 10.0. The summed E-state index contributed by atoms with van der Waals surface area (Å²) >= 11 is 0. The van der Waals surface area contributed by atoms with Crippen molar-refractivity contribution in [2.75, 3.05) is 0 Å². The standard InChI is InChI=1S/C22H25N3O2/c1-15(2)20(22(26)27)23-13-17-14-25(18-10-5-4-6-11-18)24-21(17)19-12-8-7-9-16(19)3/h4-12,14-15,20,23H,13H2,1-3H3,(H,26,27)/t20-/m1/s1. The molecule has 0 spiro atoms. The summed E-state index contributed by atoms with van der Waals surface area (Å²) in [5.74, 6) is -0.841. The Morgan fingerprint density at radius 1 is 1.11 bits per heavy atom. The van der Waals surface area contributed by atoms with E-state index in [1.165, 1.54) is 0 Å². The van der Waals surface area contributed by atoms with Crippen LogP contribution in [-0.2, 0) is 11.3 Å². The number of hydrogen-bond acceptors (Lipinski definition) is 3. The van der Waals surface area contributed by atoms with E-state index in [-0.39, 0.29) is 5.92 Å². The van der Waals surface area contributed by atoms with Gasteiger partial charge in [0.05, 0.1) is 11.4 Å². The highest BCUT2D eigenvalue weighted by Crippen LogP contribution is 2.26. The molecule has 0 fully saturated rings. The number of aromatic nitrogens is 2. The summed E-state index contributed by atoms with van der Waals surface area (Å²) in [7, 11) is 0. The lowest BCUT2D eigenvalue weighted by molar-refractivity contribution is -0.140. The van der Waals surface area contributed by atoms with E-state index in [0.29, 0.717) is 6.54 Å². The molecule has 1 atom stereocenters. The third kappa shape index (κ3) is 4.26. The molecule has 0 aliphatic carbocycles. The van der Waals surface area contributed by atoms with E-state index in [0.717, 1.165) is 28.1 Å². The van der Waals surface area contributed by atoms with Crippen molar-refractivity contribution in [1.82, 2.24) is 15.1 Å². The predicted molar refractivity (Wildman–Crippen MR) is 107 cm³/mol. The molecule has 140 valence electrons. The Balaban J connectivity index is 1.99. The van der Waals surface area contributed by atoms with Gasteiger partial charge in [0.1, 0.15) is 6.04 Å². The minimum absolute atomic E-state index is 0.00594. The number of para-hydroxylation sites is 1. The Bertz CT molecular complexity index is 916. The minimum Gasteiger partial charge on any atom is -0.480 e. The average Bonchev–Trinajstić information content (AvgIpc) is 3.06. The van der Waals surface area contributed by atoms with E-state index >= 15 is 0 Å². The highest BCUT2D eigenvalue weighted by Gasteiger charge is 2.22. The molecule has 0 saturated carbocycles. The Morgan fingerprint density at radius 3 is 2.41 bits per heavy atom. The molecular formula is C22H25N3O2. The van der Waals surface area contributed by atoms with Crippen molar-refractivity contribution in [2.24, 2.45) is 5.92 Å². The van der Waals surface area contributed by atoms with Gasteiger partial charge in [-0.25, -0.2) is 4.68 Å². The van der Waals surface area contributed by atoms with Crippen LogP contribution >= 0.6 is 0 Å². The maximum atomic E-state index is 11.5. The van der Waals surface area contributed by atoms with Crippen molar-refractivity contribution in [2.45, 2.75) is 33.4 Å². The van der Waals surface area contributed by atoms with Gasteiger partial charge in [-0.2, -0.15) is 5.10 Å². The quantitative estimate of drug-likeness (QED) is 0.665. The second-order valence-electron chi connectivity index (χ2n) is 7.04. The fraction of sp³-hybridized carbons (Fsp3) is 0.273. The molecule has 0 amide bonds. The number of aryl methyl sites for hydroxylation is 1. The Kier molecular flexibility index (Phi) is 5.72. The number of hydrogen-bond donors (Lipinski definition) is 2. The monoisotopic (exact) mass is 363 g/mol. The molecule has 0 aliphatic rings. The Labute approximate surface area is 159 Å². The minimum atomic E-state index is -0.835. The van der Waals surface area contributed by atoms with E-state index < -0.39 is 12.0 Å². The third-order valence-electron chi connectivity index (χ3n) is 4.66. The van der Waals surface area contributed by atoms with Crippen molar-refractivity contribution in [3.05, 3.63) is 71.9 Å². The fourth-order valence-electron chi connectivity index (χ4n) is 3.15. The molecule has 0 unspecified atom stereocenters. The fourth-order valence-corrected chi connectivity index (χ4v) is 3.15. The zero-order valence-corrected chi connectivity index (χ0v) is 15.9. The van der Waals surface area contributed by atoms with Crippen LogP contribution in [0.3, 0.4) is 0 Å². The van der Waals surface area contributed by atoms with Crippen LogP contribution in [0.4, 0.5) is 0 Å². The summed E-state index contributed by atoms with van der Waals surface area (Å²) < 4.78 is 1.85. The zero-order valence-electron chi connectivity index (χ0n) is 15.9. The Hall–Kier alpha value is -2.92. The van der Waals surface area contributed by atoms with Gasteiger partial charge in [-0.3, -0.25) is 10.1 Å². The van der Waals surface area contributed by atoms with Crippen molar-refractivity contribution in [3.63, 3.8) is 0 Å². The van der Waals surface area contributed by atoms with Gasteiger partial charge < -0.3 is 5.11 Å². The first-order valence-corrected chi connectivity index (χ1v) is 9.13. The summed E-state index contributed by atoms with van der Waals surface area (Å²) in [6.07, 6.45) is 1.98. The molecule has 2 N–H and O–H groups in total. The Morgan fingerprint density at radius 2 is 1.78 bits per heavy atom. The predicted octanol–water partition coefficient (Wildman–Crippen LogP) is 4.05. The first kappa shape index (κ1) is 18.9. The summed E-state index contributed by atoms with van der Waals surface area (Å²) in [6, 6.07) is 17.4. The molecule has 5 nitrogen and oxygen atoms in total. The summed E-state index contributed by atoms with van der Waals surface area (Å²) in [5.41, 5.74) is 5.01. The highest BCUT2D eigenvalue weighted by molar-refractivity contribution is 5.74. The lowest BCUT2D eigenvalue weighted by Crippen LogP contribution is -2.40. The van der Waals surface area contributed by atoms with Gasteiger partial charge >= 0.3 is 5.97 Å². The summed E-state index contributed by atoms with van der Waals surface area (Å²) in [5, 5.41) is 17.4. The van der Waals surface area contributed by atoms with Gasteiger partial charge in [0.25, 0.3) is 0 Å². The summed E-state index contributed by atoms with van der Waals surface area (Å²) in [4.78, 5) is 11.5. The molecule has 1 aromatic heterocycles. The lowest BCUT2D eigenvalue weighted by Gasteiger charge is -2.17. The van der Waals surface area contributed by atoms with Crippen molar-refractivity contribution >= 4 is 5.97 Å². The van der Waals surface area contributed by atoms with Gasteiger partial charge in [0.15, 0.2) is 0 Å². The number of carboxylic acids is 1. The third-order valence-corrected chi connectivity index (χ3v) is 4.66. The van der Waals surface area contributed by atoms with Gasteiger partial charge in [0, 0.05) is 23.9 Å². The van der Waals surface area contributed by atoms with E-state index in [1.54, 1.807) is 0 Å². The van der Waals surface area contributed by atoms with E-state index in [2.05, 4.69) is 18.3 Å². The smallest absolute Gasteiger partial charge is 0.320 e. The number of nitrogens with zero attached hydrogens (tertiary/aromatic N) is 2. The largest absolute Gasteiger partial charge is 0.480 e. The van der Waals surface area contributed by atoms with Crippen LogP contribution in [0.15, 0.2) is 60.8 Å². The second-order valence-corrected chi connectivity index (χ2v) is 7.04. The topological polar surface area (TPSA) is 67.2 Å². The molecule has 0 radical (unpaired) electrons. The normalized spacial score (nSPS) is 12.3. The van der Waals surface area contributed by atoms with Crippen molar-refractivity contribution < 1.29 is 9.90 Å². The van der Waals surface area contributed by atoms with Gasteiger partial charge in [0.2, 0.25) is 0 Å².